The van der Waals surface area contributed by atoms with Gasteiger partial charge in [-0.25, -0.2) is 0 Å². The lowest BCUT2D eigenvalue weighted by Crippen LogP contribution is -2.61. The molecule has 0 aliphatic carbocycles. The summed E-state index contributed by atoms with van der Waals surface area (Å²) in [5.74, 6) is 0.149. The Hall–Kier alpha value is -0.910. The smallest absolute Gasteiger partial charge is 0.254 e. The SMILES string of the molecule is O=C(c1cccc(Br)c1)N1CC(N2CCCNCC2)C1. The second-order valence-corrected chi connectivity index (χ2v) is 6.43. The number of nitrogens with zero attached hydrogens (tertiary/aromatic N) is 2. The second-order valence-electron chi connectivity index (χ2n) is 5.51. The summed E-state index contributed by atoms with van der Waals surface area (Å²) in [6, 6.07) is 8.18. The summed E-state index contributed by atoms with van der Waals surface area (Å²) in [6.07, 6.45) is 1.20. The molecule has 5 heteroatoms. The third kappa shape index (κ3) is 3.05. The Bertz CT molecular complexity index is 480. The van der Waals surface area contributed by atoms with Crippen LogP contribution in [-0.4, -0.2) is 61.0 Å². The van der Waals surface area contributed by atoms with Crippen LogP contribution in [0.5, 0.6) is 0 Å². The van der Waals surface area contributed by atoms with E-state index in [1.54, 1.807) is 0 Å². The van der Waals surface area contributed by atoms with Crippen molar-refractivity contribution >= 4 is 21.8 Å². The Morgan fingerprint density at radius 3 is 2.90 bits per heavy atom. The van der Waals surface area contributed by atoms with Gasteiger partial charge in [-0.2, -0.15) is 0 Å². The molecule has 4 nitrogen and oxygen atoms in total. The molecular weight excluding hydrogens is 318 g/mol. The Balaban J connectivity index is 1.55. The minimum atomic E-state index is 0.149. The fourth-order valence-corrected chi connectivity index (χ4v) is 3.29. The first-order valence-electron chi connectivity index (χ1n) is 7.23. The summed E-state index contributed by atoms with van der Waals surface area (Å²) in [4.78, 5) is 16.8. The van der Waals surface area contributed by atoms with Gasteiger partial charge in [-0.05, 0) is 37.7 Å². The molecule has 1 amide bonds. The molecule has 0 saturated carbocycles. The number of rotatable bonds is 2. The largest absolute Gasteiger partial charge is 0.335 e. The maximum atomic E-state index is 12.3. The van der Waals surface area contributed by atoms with Gasteiger partial charge < -0.3 is 10.2 Å². The van der Waals surface area contributed by atoms with Gasteiger partial charge in [-0.15, -0.1) is 0 Å². The van der Waals surface area contributed by atoms with Crippen molar-refractivity contribution in [3.05, 3.63) is 34.3 Å². The Labute approximate surface area is 128 Å². The van der Waals surface area contributed by atoms with Crippen molar-refractivity contribution in [3.63, 3.8) is 0 Å². The van der Waals surface area contributed by atoms with E-state index in [1.807, 2.05) is 29.2 Å². The van der Waals surface area contributed by atoms with Crippen LogP contribution in [0.4, 0.5) is 0 Å². The molecule has 2 heterocycles. The quantitative estimate of drug-likeness (QED) is 0.889. The first-order chi connectivity index (χ1) is 9.74. The molecule has 3 rings (SSSR count). The Morgan fingerprint density at radius 2 is 2.10 bits per heavy atom. The van der Waals surface area contributed by atoms with Crippen molar-refractivity contribution in [3.8, 4) is 0 Å². The summed E-state index contributed by atoms with van der Waals surface area (Å²) in [7, 11) is 0. The summed E-state index contributed by atoms with van der Waals surface area (Å²) in [5, 5.41) is 3.42. The number of nitrogens with one attached hydrogen (secondary N) is 1. The van der Waals surface area contributed by atoms with Crippen LogP contribution in [0.1, 0.15) is 16.8 Å². The zero-order chi connectivity index (χ0) is 13.9. The molecule has 0 bridgehead atoms. The second kappa shape index (κ2) is 6.24. The highest BCUT2D eigenvalue weighted by atomic mass is 79.9. The lowest BCUT2D eigenvalue weighted by Gasteiger charge is -2.45. The van der Waals surface area contributed by atoms with Crippen molar-refractivity contribution in [2.24, 2.45) is 0 Å². The monoisotopic (exact) mass is 337 g/mol. The molecular formula is C15H20BrN3O. The van der Waals surface area contributed by atoms with Crippen molar-refractivity contribution in [2.75, 3.05) is 39.3 Å². The van der Waals surface area contributed by atoms with Crippen LogP contribution in [-0.2, 0) is 0 Å². The standard InChI is InChI=1S/C15H20BrN3O/c16-13-4-1-3-12(9-13)15(20)19-10-14(11-19)18-7-2-5-17-6-8-18/h1,3-4,9,14,17H,2,5-8,10-11H2. The van der Waals surface area contributed by atoms with Crippen LogP contribution in [0, 0.1) is 0 Å². The predicted molar refractivity (Wildman–Crippen MR) is 82.9 cm³/mol. The van der Waals surface area contributed by atoms with Gasteiger partial charge in [0.05, 0.1) is 0 Å². The van der Waals surface area contributed by atoms with Gasteiger partial charge >= 0.3 is 0 Å². The normalized spacial score (nSPS) is 21.4. The van der Waals surface area contributed by atoms with Gasteiger partial charge in [0.15, 0.2) is 0 Å². The number of hydrogen-bond donors (Lipinski definition) is 1. The van der Waals surface area contributed by atoms with Gasteiger partial charge in [-0.1, -0.05) is 22.0 Å². The van der Waals surface area contributed by atoms with Crippen LogP contribution in [0.15, 0.2) is 28.7 Å². The van der Waals surface area contributed by atoms with Crippen LogP contribution in [0.25, 0.3) is 0 Å². The van der Waals surface area contributed by atoms with E-state index in [9.17, 15) is 4.79 Å². The third-order valence-electron chi connectivity index (χ3n) is 4.11. The van der Waals surface area contributed by atoms with Crippen molar-refractivity contribution in [1.29, 1.82) is 0 Å². The number of likely N-dealkylation sites (tertiary alicyclic amines) is 1. The fraction of sp³-hybridized carbons (Fsp3) is 0.533. The van der Waals surface area contributed by atoms with E-state index in [1.165, 1.54) is 6.42 Å². The van der Waals surface area contributed by atoms with Crippen molar-refractivity contribution in [1.82, 2.24) is 15.1 Å². The minimum absolute atomic E-state index is 0.149. The highest BCUT2D eigenvalue weighted by Gasteiger charge is 2.35. The van der Waals surface area contributed by atoms with E-state index in [2.05, 4.69) is 26.1 Å². The average Bonchev–Trinajstić information content (AvgIpc) is 2.66. The molecule has 1 N–H and O–H groups in total. The molecule has 20 heavy (non-hydrogen) atoms. The molecule has 108 valence electrons. The summed E-state index contributed by atoms with van der Waals surface area (Å²) >= 11 is 3.42. The van der Waals surface area contributed by atoms with Gasteiger partial charge in [0.25, 0.3) is 5.91 Å². The minimum Gasteiger partial charge on any atom is -0.335 e. The van der Waals surface area contributed by atoms with Gasteiger partial charge in [0.2, 0.25) is 0 Å². The Kier molecular flexibility index (Phi) is 4.38. The van der Waals surface area contributed by atoms with Crippen LogP contribution in [0.2, 0.25) is 0 Å². The van der Waals surface area contributed by atoms with Crippen LogP contribution < -0.4 is 5.32 Å². The molecule has 2 aliphatic rings. The van der Waals surface area contributed by atoms with E-state index < -0.39 is 0 Å². The van der Waals surface area contributed by atoms with E-state index in [4.69, 9.17) is 0 Å². The van der Waals surface area contributed by atoms with E-state index in [-0.39, 0.29) is 5.91 Å². The maximum Gasteiger partial charge on any atom is 0.254 e. The van der Waals surface area contributed by atoms with E-state index >= 15 is 0 Å². The van der Waals surface area contributed by atoms with Gasteiger partial charge in [0.1, 0.15) is 0 Å². The number of hydrogen-bond acceptors (Lipinski definition) is 3. The number of benzene rings is 1. The van der Waals surface area contributed by atoms with Crippen LogP contribution in [0.3, 0.4) is 0 Å². The first kappa shape index (κ1) is 14.0. The lowest BCUT2D eigenvalue weighted by molar-refractivity contribution is 0.0284. The molecule has 0 atom stereocenters. The van der Waals surface area contributed by atoms with Crippen LogP contribution >= 0.6 is 15.9 Å². The molecule has 2 aliphatic heterocycles. The zero-order valence-electron chi connectivity index (χ0n) is 11.5. The first-order valence-corrected chi connectivity index (χ1v) is 8.03. The van der Waals surface area contributed by atoms with Gasteiger partial charge in [0, 0.05) is 42.3 Å². The number of halogens is 1. The van der Waals surface area contributed by atoms with Crippen molar-refractivity contribution in [2.45, 2.75) is 12.5 Å². The molecule has 2 fully saturated rings. The maximum absolute atomic E-state index is 12.3. The highest BCUT2D eigenvalue weighted by Crippen LogP contribution is 2.20. The number of amides is 1. The molecule has 0 aromatic heterocycles. The average molecular weight is 338 g/mol. The molecule has 0 spiro atoms. The molecule has 0 unspecified atom stereocenters. The fourth-order valence-electron chi connectivity index (χ4n) is 2.89. The predicted octanol–water partition coefficient (Wildman–Crippen LogP) is 1.57. The summed E-state index contributed by atoms with van der Waals surface area (Å²) in [5.41, 5.74) is 0.773. The zero-order valence-corrected chi connectivity index (χ0v) is 13.1. The number of carbonyl (C=O) groups is 1. The molecule has 0 radical (unpaired) electrons. The number of carbonyl (C=O) groups excluding carboxylic acids is 1. The van der Waals surface area contributed by atoms with Crippen molar-refractivity contribution < 1.29 is 4.79 Å². The molecule has 1 aromatic carbocycles. The van der Waals surface area contributed by atoms with E-state index in [0.29, 0.717) is 6.04 Å². The lowest BCUT2D eigenvalue weighted by atomic mass is 10.0. The molecule has 2 saturated heterocycles. The highest BCUT2D eigenvalue weighted by molar-refractivity contribution is 9.10. The summed E-state index contributed by atoms with van der Waals surface area (Å²) < 4.78 is 0.957. The summed E-state index contributed by atoms with van der Waals surface area (Å²) in [6.45, 7) is 6.16. The molecule has 1 aromatic rings. The van der Waals surface area contributed by atoms with Gasteiger partial charge in [-0.3, -0.25) is 9.69 Å². The third-order valence-corrected chi connectivity index (χ3v) is 4.61. The topological polar surface area (TPSA) is 35.6 Å². The Morgan fingerprint density at radius 1 is 1.25 bits per heavy atom. The van der Waals surface area contributed by atoms with E-state index in [0.717, 1.165) is 49.3 Å².